The van der Waals surface area contributed by atoms with Crippen LogP contribution >= 0.6 is 0 Å². The van der Waals surface area contributed by atoms with Crippen LogP contribution in [0.4, 0.5) is 5.69 Å². The van der Waals surface area contributed by atoms with E-state index in [0.717, 1.165) is 16.7 Å². The lowest BCUT2D eigenvalue weighted by molar-refractivity contribution is -0.131. The van der Waals surface area contributed by atoms with Gasteiger partial charge in [-0.05, 0) is 53.9 Å². The summed E-state index contributed by atoms with van der Waals surface area (Å²) in [6.07, 6.45) is 0.340. The molecule has 0 aliphatic heterocycles. The quantitative estimate of drug-likeness (QED) is 0.450. The van der Waals surface area contributed by atoms with Crippen LogP contribution in [0.25, 0.3) is 0 Å². The molecule has 0 aliphatic carbocycles. The minimum atomic E-state index is -0.445. The molecule has 0 spiro atoms. The third-order valence-corrected chi connectivity index (χ3v) is 4.67. The van der Waals surface area contributed by atoms with E-state index in [0.29, 0.717) is 30.0 Å². The molecule has 0 radical (unpaired) electrons. The second-order valence-corrected chi connectivity index (χ2v) is 7.15. The predicted octanol–water partition coefficient (Wildman–Crippen LogP) is 4.03. The molecular weight excluding hydrogens is 392 g/mol. The van der Waals surface area contributed by atoms with Crippen molar-refractivity contribution in [3.8, 4) is 5.75 Å². The van der Waals surface area contributed by atoms with Gasteiger partial charge in [-0.3, -0.25) is 14.4 Å². The first-order valence-electron chi connectivity index (χ1n) is 9.90. The Hall–Kier alpha value is -3.93. The molecule has 3 aromatic carbocycles. The number of rotatable bonds is 7. The Morgan fingerprint density at radius 1 is 0.903 bits per heavy atom. The maximum Gasteiger partial charge on any atom is 0.308 e. The highest BCUT2D eigenvalue weighted by Crippen LogP contribution is 2.16. The smallest absolute Gasteiger partial charge is 0.308 e. The van der Waals surface area contributed by atoms with Crippen molar-refractivity contribution in [2.45, 2.75) is 26.8 Å². The summed E-state index contributed by atoms with van der Waals surface area (Å²) in [6.45, 7) is 3.70. The molecule has 0 saturated heterocycles. The fourth-order valence-corrected chi connectivity index (χ4v) is 3.02. The molecule has 3 rings (SSSR count). The Morgan fingerprint density at radius 2 is 1.65 bits per heavy atom. The van der Waals surface area contributed by atoms with Crippen molar-refractivity contribution in [2.75, 3.05) is 5.32 Å². The highest BCUT2D eigenvalue weighted by Gasteiger charge is 2.09. The summed E-state index contributed by atoms with van der Waals surface area (Å²) in [5.74, 6) is -0.483. The van der Waals surface area contributed by atoms with Gasteiger partial charge >= 0.3 is 5.97 Å². The van der Waals surface area contributed by atoms with Crippen LogP contribution in [0.5, 0.6) is 5.75 Å². The Kier molecular flexibility index (Phi) is 7.17. The van der Waals surface area contributed by atoms with Crippen molar-refractivity contribution in [1.29, 1.82) is 0 Å². The predicted molar refractivity (Wildman–Crippen MR) is 119 cm³/mol. The average Bonchev–Trinajstić information content (AvgIpc) is 2.74. The van der Waals surface area contributed by atoms with E-state index < -0.39 is 5.97 Å². The first-order valence-corrected chi connectivity index (χ1v) is 9.90. The molecule has 0 bridgehead atoms. The van der Waals surface area contributed by atoms with Crippen LogP contribution in [-0.2, 0) is 22.6 Å². The number of hydrogen-bond donors (Lipinski definition) is 2. The molecule has 6 nitrogen and oxygen atoms in total. The van der Waals surface area contributed by atoms with E-state index in [4.69, 9.17) is 4.74 Å². The first kappa shape index (κ1) is 21.8. The number of esters is 1. The number of carbonyl (C=O) groups excluding carboxylic acids is 3. The van der Waals surface area contributed by atoms with Gasteiger partial charge in [0.15, 0.2) is 0 Å². The van der Waals surface area contributed by atoms with Crippen LogP contribution in [0.15, 0.2) is 72.8 Å². The van der Waals surface area contributed by atoms with Crippen molar-refractivity contribution in [1.82, 2.24) is 5.32 Å². The maximum atomic E-state index is 12.4. The van der Waals surface area contributed by atoms with Gasteiger partial charge in [-0.15, -0.1) is 0 Å². The van der Waals surface area contributed by atoms with Crippen LogP contribution in [0.2, 0.25) is 0 Å². The molecule has 6 heteroatoms. The number of benzene rings is 3. The molecule has 0 heterocycles. The fraction of sp³-hybridized carbons (Fsp3) is 0.160. The number of aryl methyl sites for hydroxylation is 1. The lowest BCUT2D eigenvalue weighted by Crippen LogP contribution is -2.24. The molecule has 2 N–H and O–H groups in total. The molecular formula is C25H24N2O4. The SMILES string of the molecule is CC(=O)Oc1cccc(C(=O)Nc2ccc(CNC(=O)Cc3ccccc3C)cc2)c1. The molecule has 0 unspecified atom stereocenters. The van der Waals surface area contributed by atoms with Gasteiger partial charge in [-0.2, -0.15) is 0 Å². The molecule has 0 aliphatic rings. The Labute approximate surface area is 181 Å². The van der Waals surface area contributed by atoms with Crippen molar-refractivity contribution < 1.29 is 19.1 Å². The summed E-state index contributed by atoms with van der Waals surface area (Å²) in [5, 5.41) is 5.72. The minimum absolute atomic E-state index is 0.0423. The maximum absolute atomic E-state index is 12.4. The zero-order valence-corrected chi connectivity index (χ0v) is 17.5. The van der Waals surface area contributed by atoms with Gasteiger partial charge in [0.25, 0.3) is 5.91 Å². The fourth-order valence-electron chi connectivity index (χ4n) is 3.02. The summed E-state index contributed by atoms with van der Waals surface area (Å²) in [5.41, 5.74) is 4.03. The lowest BCUT2D eigenvalue weighted by Gasteiger charge is -2.09. The number of anilines is 1. The summed E-state index contributed by atoms with van der Waals surface area (Å²) >= 11 is 0. The largest absolute Gasteiger partial charge is 0.427 e. The van der Waals surface area contributed by atoms with E-state index >= 15 is 0 Å². The highest BCUT2D eigenvalue weighted by molar-refractivity contribution is 6.04. The summed E-state index contributed by atoms with van der Waals surface area (Å²) in [7, 11) is 0. The second kappa shape index (κ2) is 10.2. The van der Waals surface area contributed by atoms with Crippen molar-refractivity contribution in [3.63, 3.8) is 0 Å². The standard InChI is InChI=1S/C25H24N2O4/c1-17-6-3-4-7-20(17)15-24(29)26-16-19-10-12-22(13-11-19)27-25(30)21-8-5-9-23(14-21)31-18(2)28/h3-14H,15-16H2,1-2H3,(H,26,29)(H,27,30). The van der Waals surface area contributed by atoms with Gasteiger partial charge in [-0.25, -0.2) is 0 Å². The van der Waals surface area contributed by atoms with E-state index in [-0.39, 0.29) is 11.8 Å². The number of amides is 2. The third kappa shape index (κ3) is 6.54. The van der Waals surface area contributed by atoms with E-state index in [9.17, 15) is 14.4 Å². The van der Waals surface area contributed by atoms with Gasteiger partial charge in [-0.1, -0.05) is 42.5 Å². The van der Waals surface area contributed by atoms with E-state index in [2.05, 4.69) is 10.6 Å². The third-order valence-electron chi connectivity index (χ3n) is 4.67. The molecule has 3 aromatic rings. The average molecular weight is 416 g/mol. The van der Waals surface area contributed by atoms with Crippen LogP contribution in [0, 0.1) is 6.92 Å². The molecule has 31 heavy (non-hydrogen) atoms. The second-order valence-electron chi connectivity index (χ2n) is 7.15. The van der Waals surface area contributed by atoms with Crippen molar-refractivity contribution in [3.05, 3.63) is 95.1 Å². The molecule has 158 valence electrons. The molecule has 2 amide bonds. The van der Waals surface area contributed by atoms with E-state index in [1.165, 1.54) is 13.0 Å². The zero-order chi connectivity index (χ0) is 22.2. The molecule has 0 aromatic heterocycles. The van der Waals surface area contributed by atoms with Gasteiger partial charge < -0.3 is 15.4 Å². The Morgan fingerprint density at radius 3 is 2.35 bits per heavy atom. The van der Waals surface area contributed by atoms with Gasteiger partial charge in [0.1, 0.15) is 5.75 Å². The summed E-state index contributed by atoms with van der Waals surface area (Å²) in [4.78, 5) is 35.7. The van der Waals surface area contributed by atoms with Crippen LogP contribution in [0.1, 0.15) is 34.0 Å². The van der Waals surface area contributed by atoms with Gasteiger partial charge in [0.05, 0.1) is 6.42 Å². The number of carbonyl (C=O) groups is 3. The van der Waals surface area contributed by atoms with Gasteiger partial charge in [0.2, 0.25) is 5.91 Å². The first-order chi connectivity index (χ1) is 14.9. The monoisotopic (exact) mass is 416 g/mol. The number of nitrogens with one attached hydrogen (secondary N) is 2. The lowest BCUT2D eigenvalue weighted by atomic mass is 10.1. The van der Waals surface area contributed by atoms with Crippen molar-refractivity contribution in [2.24, 2.45) is 0 Å². The minimum Gasteiger partial charge on any atom is -0.427 e. The number of hydrogen-bond acceptors (Lipinski definition) is 4. The molecule has 0 atom stereocenters. The number of ether oxygens (including phenoxy) is 1. The molecule has 0 fully saturated rings. The topological polar surface area (TPSA) is 84.5 Å². The summed E-state index contributed by atoms with van der Waals surface area (Å²) < 4.78 is 5.01. The zero-order valence-electron chi connectivity index (χ0n) is 17.5. The van der Waals surface area contributed by atoms with E-state index in [1.54, 1.807) is 30.3 Å². The van der Waals surface area contributed by atoms with E-state index in [1.807, 2.05) is 43.3 Å². The van der Waals surface area contributed by atoms with Crippen LogP contribution in [0.3, 0.4) is 0 Å². The van der Waals surface area contributed by atoms with Crippen LogP contribution < -0.4 is 15.4 Å². The highest BCUT2D eigenvalue weighted by atomic mass is 16.5. The summed E-state index contributed by atoms with van der Waals surface area (Å²) in [6, 6.07) is 21.5. The van der Waals surface area contributed by atoms with Crippen LogP contribution in [-0.4, -0.2) is 17.8 Å². The Bertz CT molecular complexity index is 1090. The Balaban J connectivity index is 1.53. The normalized spacial score (nSPS) is 10.3. The van der Waals surface area contributed by atoms with Crippen molar-refractivity contribution >= 4 is 23.5 Å². The van der Waals surface area contributed by atoms with Gasteiger partial charge in [0, 0.05) is 24.7 Å². The molecule has 0 saturated carbocycles.